The van der Waals surface area contributed by atoms with Gasteiger partial charge in [0.15, 0.2) is 0 Å². The Balaban J connectivity index is 1.61. The summed E-state index contributed by atoms with van der Waals surface area (Å²) in [4.78, 5) is 27.5. The van der Waals surface area contributed by atoms with Gasteiger partial charge in [0.25, 0.3) is 5.56 Å². The number of piperidine rings is 1. The lowest BCUT2D eigenvalue weighted by atomic mass is 9.82. The van der Waals surface area contributed by atoms with Crippen LogP contribution in [0.25, 0.3) is 0 Å². The number of hydrogen-bond acceptors (Lipinski definition) is 2. The highest BCUT2D eigenvalue weighted by Gasteiger charge is 2.38. The number of pyridine rings is 1. The number of rotatable bonds is 3. The molecule has 5 nitrogen and oxygen atoms in total. The van der Waals surface area contributed by atoms with Gasteiger partial charge in [0.2, 0.25) is 5.91 Å². The molecule has 1 amide bonds. The van der Waals surface area contributed by atoms with E-state index in [-0.39, 0.29) is 29.3 Å². The molecule has 25 heavy (non-hydrogen) atoms. The Hall–Kier alpha value is -2.30. The average molecular weight is 339 g/mol. The molecule has 0 radical (unpaired) electrons. The van der Waals surface area contributed by atoms with Crippen LogP contribution in [0, 0.1) is 11.8 Å². The van der Waals surface area contributed by atoms with Crippen LogP contribution in [0.4, 0.5) is 0 Å². The molecule has 0 aromatic carbocycles. The van der Waals surface area contributed by atoms with Crippen molar-refractivity contribution in [2.45, 2.75) is 38.8 Å². The molecule has 0 aliphatic carbocycles. The van der Waals surface area contributed by atoms with Crippen molar-refractivity contribution in [1.29, 1.82) is 0 Å². The number of carbonyl (C=O) groups is 1. The Bertz CT molecular complexity index is 822. The topological polar surface area (TPSA) is 47.2 Å². The Kier molecular flexibility index (Phi) is 4.02. The summed E-state index contributed by atoms with van der Waals surface area (Å²) < 4.78 is 3.93. The van der Waals surface area contributed by atoms with E-state index >= 15 is 0 Å². The molecule has 4 rings (SSSR count). The third-order valence-corrected chi connectivity index (χ3v) is 5.62. The van der Waals surface area contributed by atoms with Crippen molar-refractivity contribution in [2.75, 3.05) is 13.1 Å². The van der Waals surface area contributed by atoms with E-state index in [2.05, 4.69) is 13.8 Å². The van der Waals surface area contributed by atoms with Crippen LogP contribution in [0.3, 0.4) is 0 Å². The summed E-state index contributed by atoms with van der Waals surface area (Å²) in [5.74, 6) is 1.07. The van der Waals surface area contributed by atoms with Crippen LogP contribution in [0.1, 0.15) is 37.9 Å². The monoisotopic (exact) mass is 339 g/mol. The van der Waals surface area contributed by atoms with E-state index in [1.54, 1.807) is 6.07 Å². The highest BCUT2D eigenvalue weighted by atomic mass is 16.2. The van der Waals surface area contributed by atoms with Gasteiger partial charge in [0.1, 0.15) is 6.04 Å². The number of nitrogens with zero attached hydrogens (tertiary/aromatic N) is 3. The smallest absolute Gasteiger partial charge is 0.250 e. The second-order valence-electron chi connectivity index (χ2n) is 7.76. The van der Waals surface area contributed by atoms with Gasteiger partial charge < -0.3 is 14.0 Å². The van der Waals surface area contributed by atoms with Crippen LogP contribution in [0.15, 0.2) is 47.5 Å². The molecule has 2 bridgehead atoms. The van der Waals surface area contributed by atoms with E-state index in [1.807, 2.05) is 50.7 Å². The molecular formula is C20H25N3O2. The first kappa shape index (κ1) is 16.2. The molecule has 0 N–H and O–H groups in total. The molecule has 4 heterocycles. The highest BCUT2D eigenvalue weighted by molar-refractivity contribution is 5.81. The van der Waals surface area contributed by atoms with Crippen LogP contribution in [0.5, 0.6) is 0 Å². The molecule has 0 saturated carbocycles. The second kappa shape index (κ2) is 6.21. The fraction of sp³-hybridized carbons (Fsp3) is 0.500. The Labute approximate surface area is 147 Å². The molecular weight excluding hydrogens is 314 g/mol. The molecule has 0 unspecified atom stereocenters. The first-order valence-corrected chi connectivity index (χ1v) is 9.15. The van der Waals surface area contributed by atoms with Crippen molar-refractivity contribution in [3.8, 4) is 0 Å². The number of hydrogen-bond donors (Lipinski definition) is 0. The van der Waals surface area contributed by atoms with Gasteiger partial charge in [-0.1, -0.05) is 19.9 Å². The van der Waals surface area contributed by atoms with Gasteiger partial charge in [0, 0.05) is 49.7 Å². The normalized spacial score (nSPS) is 23.4. The zero-order chi connectivity index (χ0) is 17.6. The maximum absolute atomic E-state index is 13.3. The van der Waals surface area contributed by atoms with Gasteiger partial charge in [-0.25, -0.2) is 0 Å². The molecule has 5 heteroatoms. The third-order valence-electron chi connectivity index (χ3n) is 5.62. The summed E-state index contributed by atoms with van der Waals surface area (Å²) in [5.41, 5.74) is 1.17. The third kappa shape index (κ3) is 2.81. The molecule has 2 aromatic rings. The fourth-order valence-electron chi connectivity index (χ4n) is 4.55. The van der Waals surface area contributed by atoms with Crippen LogP contribution >= 0.6 is 0 Å². The number of amides is 1. The lowest BCUT2D eigenvalue weighted by Gasteiger charge is -2.44. The van der Waals surface area contributed by atoms with E-state index in [4.69, 9.17) is 0 Å². The Morgan fingerprint density at radius 2 is 1.84 bits per heavy atom. The van der Waals surface area contributed by atoms with Crippen LogP contribution in [-0.2, 0) is 11.3 Å². The minimum absolute atomic E-state index is 0.0828. The maximum Gasteiger partial charge on any atom is 0.250 e. The zero-order valence-corrected chi connectivity index (χ0v) is 14.8. The van der Waals surface area contributed by atoms with Gasteiger partial charge in [0.05, 0.1) is 0 Å². The predicted octanol–water partition coefficient (Wildman–Crippen LogP) is 2.49. The van der Waals surface area contributed by atoms with Crippen LogP contribution in [0.2, 0.25) is 0 Å². The number of fused-ring (bicyclic) bond motifs is 4. The minimum atomic E-state index is -0.160. The van der Waals surface area contributed by atoms with Crippen LogP contribution in [-0.4, -0.2) is 33.0 Å². The van der Waals surface area contributed by atoms with E-state index in [0.717, 1.165) is 25.2 Å². The quantitative estimate of drug-likeness (QED) is 0.862. The van der Waals surface area contributed by atoms with Crippen molar-refractivity contribution >= 4 is 5.91 Å². The number of aromatic nitrogens is 2. The lowest BCUT2D eigenvalue weighted by molar-refractivity contribution is -0.139. The Morgan fingerprint density at radius 3 is 2.56 bits per heavy atom. The van der Waals surface area contributed by atoms with Crippen molar-refractivity contribution in [3.63, 3.8) is 0 Å². The van der Waals surface area contributed by atoms with Crippen LogP contribution < -0.4 is 5.56 Å². The first-order chi connectivity index (χ1) is 12.0. The van der Waals surface area contributed by atoms with Gasteiger partial charge in [-0.3, -0.25) is 9.59 Å². The van der Waals surface area contributed by atoms with E-state index in [0.29, 0.717) is 12.5 Å². The molecule has 2 aliphatic heterocycles. The van der Waals surface area contributed by atoms with Gasteiger partial charge in [-0.15, -0.1) is 0 Å². The molecule has 2 aliphatic rings. The standard InChI is InChI=1S/C20H25N3O2/c1-14(2)19(21-8-3-4-9-21)20(25)22-11-15-10-16(13-22)17-6-5-7-18(24)23(17)12-15/h3-9,14-16,19H,10-13H2,1-2H3/t15-,16+,19+/m0/s1. The molecule has 0 spiro atoms. The van der Waals surface area contributed by atoms with Crippen molar-refractivity contribution < 1.29 is 4.79 Å². The summed E-state index contributed by atoms with van der Waals surface area (Å²) in [6.07, 6.45) is 5.02. The molecule has 1 saturated heterocycles. The lowest BCUT2D eigenvalue weighted by Crippen LogP contribution is -2.51. The number of carbonyl (C=O) groups excluding carboxylic acids is 1. The molecule has 132 valence electrons. The molecule has 1 fully saturated rings. The summed E-state index contributed by atoms with van der Waals surface area (Å²) in [6, 6.07) is 9.29. The number of likely N-dealkylation sites (tertiary alicyclic amines) is 1. The Morgan fingerprint density at radius 1 is 1.08 bits per heavy atom. The van der Waals surface area contributed by atoms with Gasteiger partial charge in [-0.2, -0.15) is 0 Å². The van der Waals surface area contributed by atoms with Gasteiger partial charge >= 0.3 is 0 Å². The van der Waals surface area contributed by atoms with E-state index in [1.165, 1.54) is 0 Å². The summed E-state index contributed by atoms with van der Waals surface area (Å²) in [7, 11) is 0. The summed E-state index contributed by atoms with van der Waals surface area (Å²) in [6.45, 7) is 6.39. The summed E-state index contributed by atoms with van der Waals surface area (Å²) in [5, 5.41) is 0. The largest absolute Gasteiger partial charge is 0.342 e. The van der Waals surface area contributed by atoms with E-state index in [9.17, 15) is 9.59 Å². The SMILES string of the molecule is CC(C)[C@H](C(=O)N1C[C@@H]2C[C@H](C1)c1cccc(=O)n1C2)n1cccc1. The minimum Gasteiger partial charge on any atom is -0.342 e. The maximum atomic E-state index is 13.3. The van der Waals surface area contributed by atoms with Crippen molar-refractivity contribution in [2.24, 2.45) is 11.8 Å². The van der Waals surface area contributed by atoms with Crippen molar-refractivity contribution in [3.05, 3.63) is 58.8 Å². The van der Waals surface area contributed by atoms with Gasteiger partial charge in [-0.05, 0) is 36.5 Å². The molecule has 2 aromatic heterocycles. The zero-order valence-electron chi connectivity index (χ0n) is 14.8. The highest BCUT2D eigenvalue weighted by Crippen LogP contribution is 2.36. The summed E-state index contributed by atoms with van der Waals surface area (Å²) >= 11 is 0. The second-order valence-corrected chi connectivity index (χ2v) is 7.76. The average Bonchev–Trinajstić information content (AvgIpc) is 3.09. The van der Waals surface area contributed by atoms with E-state index < -0.39 is 0 Å². The molecule has 3 atom stereocenters. The first-order valence-electron chi connectivity index (χ1n) is 9.15. The fourth-order valence-corrected chi connectivity index (χ4v) is 4.55. The van der Waals surface area contributed by atoms with Crippen molar-refractivity contribution in [1.82, 2.24) is 14.0 Å². The predicted molar refractivity (Wildman–Crippen MR) is 96.4 cm³/mol.